The lowest BCUT2D eigenvalue weighted by atomic mass is 10.1. The molecule has 0 aromatic heterocycles. The van der Waals surface area contributed by atoms with Crippen LogP contribution in [0, 0.1) is 5.92 Å². The molecule has 1 unspecified atom stereocenters. The number of rotatable bonds is 6. The zero-order valence-electron chi connectivity index (χ0n) is 10.7. The van der Waals surface area contributed by atoms with Gasteiger partial charge in [-0.25, -0.2) is 0 Å². The van der Waals surface area contributed by atoms with E-state index in [0.717, 1.165) is 19.5 Å². The van der Waals surface area contributed by atoms with Gasteiger partial charge in [-0.05, 0) is 38.3 Å². The topological polar surface area (TPSA) is 53.6 Å². The Hall–Kier alpha value is -0.770. The van der Waals surface area contributed by atoms with E-state index in [4.69, 9.17) is 5.73 Å². The maximum atomic E-state index is 5.76. The summed E-state index contributed by atoms with van der Waals surface area (Å²) in [5.41, 5.74) is 5.76. The van der Waals surface area contributed by atoms with Crippen molar-refractivity contribution in [3.63, 3.8) is 0 Å². The maximum Gasteiger partial charge on any atom is 0.188 e. The highest BCUT2D eigenvalue weighted by Crippen LogP contribution is 2.16. The molecule has 0 amide bonds. The van der Waals surface area contributed by atoms with Crippen LogP contribution < -0.4 is 11.1 Å². The number of nitrogens with two attached hydrogens (primary N) is 1. The molecule has 1 saturated heterocycles. The number of nitrogens with one attached hydrogen (secondary N) is 1. The summed E-state index contributed by atoms with van der Waals surface area (Å²) in [6.07, 6.45) is 3.60. The molecule has 1 rings (SSSR count). The van der Waals surface area contributed by atoms with Gasteiger partial charge in [-0.3, -0.25) is 4.99 Å². The molecule has 0 aromatic carbocycles. The Morgan fingerprint density at radius 1 is 1.44 bits per heavy atom. The van der Waals surface area contributed by atoms with Crippen LogP contribution in [0.25, 0.3) is 0 Å². The quantitative estimate of drug-likeness (QED) is 0.525. The van der Waals surface area contributed by atoms with Crippen molar-refractivity contribution >= 4 is 5.96 Å². The summed E-state index contributed by atoms with van der Waals surface area (Å²) in [6.45, 7) is 9.81. The van der Waals surface area contributed by atoms with Crippen LogP contribution in [0.5, 0.6) is 0 Å². The molecule has 1 fully saturated rings. The molecule has 4 nitrogen and oxygen atoms in total. The van der Waals surface area contributed by atoms with Crippen LogP contribution in [0.15, 0.2) is 4.99 Å². The number of aliphatic imine (C=N–C) groups is 1. The van der Waals surface area contributed by atoms with Crippen molar-refractivity contribution in [2.45, 2.75) is 33.1 Å². The van der Waals surface area contributed by atoms with Crippen molar-refractivity contribution in [2.75, 3.05) is 32.7 Å². The summed E-state index contributed by atoms with van der Waals surface area (Å²) in [4.78, 5) is 6.92. The minimum Gasteiger partial charge on any atom is -0.370 e. The van der Waals surface area contributed by atoms with Gasteiger partial charge in [0.15, 0.2) is 5.96 Å². The SMILES string of the molecule is CCCNC(N)=NCC1CCN(CCC)C1. The molecule has 0 bridgehead atoms. The van der Waals surface area contributed by atoms with Crippen LogP contribution >= 0.6 is 0 Å². The molecule has 1 aliphatic heterocycles. The van der Waals surface area contributed by atoms with Crippen molar-refractivity contribution in [1.82, 2.24) is 10.2 Å². The van der Waals surface area contributed by atoms with E-state index in [1.54, 1.807) is 0 Å². The van der Waals surface area contributed by atoms with E-state index in [9.17, 15) is 0 Å². The maximum absolute atomic E-state index is 5.76. The third kappa shape index (κ3) is 4.84. The van der Waals surface area contributed by atoms with Gasteiger partial charge in [0, 0.05) is 19.6 Å². The monoisotopic (exact) mass is 226 g/mol. The predicted molar refractivity (Wildman–Crippen MR) is 69.6 cm³/mol. The number of likely N-dealkylation sites (tertiary alicyclic amines) is 1. The second-order valence-electron chi connectivity index (χ2n) is 4.61. The molecular weight excluding hydrogens is 200 g/mol. The van der Waals surface area contributed by atoms with Crippen LogP contribution in [-0.2, 0) is 0 Å². The Balaban J connectivity index is 2.18. The molecule has 0 aromatic rings. The molecule has 0 radical (unpaired) electrons. The Bertz CT molecular complexity index is 215. The van der Waals surface area contributed by atoms with Crippen LogP contribution in [0.3, 0.4) is 0 Å². The molecule has 1 atom stereocenters. The minimum absolute atomic E-state index is 0.607. The number of hydrogen-bond acceptors (Lipinski definition) is 2. The average Bonchev–Trinajstić information content (AvgIpc) is 2.72. The van der Waals surface area contributed by atoms with E-state index in [0.29, 0.717) is 11.9 Å². The van der Waals surface area contributed by atoms with E-state index in [1.165, 1.54) is 32.5 Å². The van der Waals surface area contributed by atoms with Crippen molar-refractivity contribution in [2.24, 2.45) is 16.6 Å². The van der Waals surface area contributed by atoms with E-state index < -0.39 is 0 Å². The largest absolute Gasteiger partial charge is 0.370 e. The molecule has 3 N–H and O–H groups in total. The molecule has 16 heavy (non-hydrogen) atoms. The molecule has 4 heteroatoms. The number of guanidine groups is 1. The summed E-state index contributed by atoms with van der Waals surface area (Å²) in [6, 6.07) is 0. The van der Waals surface area contributed by atoms with Gasteiger partial charge in [0.05, 0.1) is 0 Å². The highest BCUT2D eigenvalue weighted by atomic mass is 15.2. The highest BCUT2D eigenvalue weighted by molar-refractivity contribution is 5.77. The fourth-order valence-electron chi connectivity index (χ4n) is 2.12. The van der Waals surface area contributed by atoms with Crippen molar-refractivity contribution < 1.29 is 0 Å². The van der Waals surface area contributed by atoms with E-state index in [2.05, 4.69) is 29.1 Å². The van der Waals surface area contributed by atoms with Crippen LogP contribution in [0.2, 0.25) is 0 Å². The molecule has 0 aliphatic carbocycles. The number of nitrogens with zero attached hydrogens (tertiary/aromatic N) is 2. The summed E-state index contributed by atoms with van der Waals surface area (Å²) in [5.74, 6) is 1.31. The zero-order valence-corrected chi connectivity index (χ0v) is 10.7. The van der Waals surface area contributed by atoms with Gasteiger partial charge in [0.25, 0.3) is 0 Å². The standard InChI is InChI=1S/C12H26N4/c1-3-6-14-12(13)15-9-11-5-8-16(10-11)7-4-2/h11H,3-10H2,1-2H3,(H3,13,14,15). The first kappa shape index (κ1) is 13.3. The molecule has 0 saturated carbocycles. The Morgan fingerprint density at radius 3 is 2.94 bits per heavy atom. The first-order valence-electron chi connectivity index (χ1n) is 6.52. The Labute approximate surface area is 99.3 Å². The fourth-order valence-corrected chi connectivity index (χ4v) is 2.12. The van der Waals surface area contributed by atoms with Gasteiger partial charge >= 0.3 is 0 Å². The van der Waals surface area contributed by atoms with E-state index >= 15 is 0 Å². The third-order valence-electron chi connectivity index (χ3n) is 2.99. The van der Waals surface area contributed by atoms with Gasteiger partial charge in [0.2, 0.25) is 0 Å². The van der Waals surface area contributed by atoms with Gasteiger partial charge in [-0.2, -0.15) is 0 Å². The van der Waals surface area contributed by atoms with Crippen LogP contribution in [0.4, 0.5) is 0 Å². The minimum atomic E-state index is 0.607. The van der Waals surface area contributed by atoms with Gasteiger partial charge < -0.3 is 16.0 Å². The Kier molecular flexibility index (Phi) is 6.23. The molecule has 1 aliphatic rings. The number of hydrogen-bond donors (Lipinski definition) is 2. The van der Waals surface area contributed by atoms with Crippen LogP contribution in [-0.4, -0.2) is 43.6 Å². The van der Waals surface area contributed by atoms with E-state index in [-0.39, 0.29) is 0 Å². The average molecular weight is 226 g/mol. The van der Waals surface area contributed by atoms with Gasteiger partial charge in [-0.1, -0.05) is 13.8 Å². The second kappa shape index (κ2) is 7.49. The van der Waals surface area contributed by atoms with Gasteiger partial charge in [-0.15, -0.1) is 0 Å². The molecule has 1 heterocycles. The molecule has 0 spiro atoms. The second-order valence-corrected chi connectivity index (χ2v) is 4.61. The summed E-state index contributed by atoms with van der Waals surface area (Å²) in [5, 5.41) is 3.11. The summed E-state index contributed by atoms with van der Waals surface area (Å²) < 4.78 is 0. The summed E-state index contributed by atoms with van der Waals surface area (Å²) in [7, 11) is 0. The zero-order chi connectivity index (χ0) is 11.8. The smallest absolute Gasteiger partial charge is 0.188 e. The van der Waals surface area contributed by atoms with Crippen molar-refractivity contribution in [3.05, 3.63) is 0 Å². The fraction of sp³-hybridized carbons (Fsp3) is 0.917. The highest BCUT2D eigenvalue weighted by Gasteiger charge is 2.20. The lowest BCUT2D eigenvalue weighted by molar-refractivity contribution is 0.326. The first-order chi connectivity index (χ1) is 7.76. The Morgan fingerprint density at radius 2 is 2.25 bits per heavy atom. The van der Waals surface area contributed by atoms with Crippen molar-refractivity contribution in [3.8, 4) is 0 Å². The lowest BCUT2D eigenvalue weighted by Crippen LogP contribution is -2.33. The van der Waals surface area contributed by atoms with Crippen molar-refractivity contribution in [1.29, 1.82) is 0 Å². The molecular formula is C12H26N4. The van der Waals surface area contributed by atoms with Gasteiger partial charge in [0.1, 0.15) is 0 Å². The lowest BCUT2D eigenvalue weighted by Gasteiger charge is -2.13. The summed E-state index contributed by atoms with van der Waals surface area (Å²) >= 11 is 0. The van der Waals surface area contributed by atoms with Crippen LogP contribution in [0.1, 0.15) is 33.1 Å². The third-order valence-corrected chi connectivity index (χ3v) is 2.99. The first-order valence-corrected chi connectivity index (χ1v) is 6.52. The molecule has 94 valence electrons. The normalized spacial score (nSPS) is 22.6. The predicted octanol–water partition coefficient (Wildman–Crippen LogP) is 1.03. The van der Waals surface area contributed by atoms with E-state index in [1.807, 2.05) is 0 Å².